The molecule has 1 atom stereocenters. The number of alkyl halides is 13. The van der Waals surface area contributed by atoms with Crippen LogP contribution in [0.4, 0.5) is 61.5 Å². The van der Waals surface area contributed by atoms with Crippen molar-refractivity contribution in [3.05, 3.63) is 11.4 Å². The predicted octanol–water partition coefficient (Wildman–Crippen LogP) is 4.96. The van der Waals surface area contributed by atoms with Gasteiger partial charge in [0.25, 0.3) is 0 Å². The van der Waals surface area contributed by atoms with Crippen molar-refractivity contribution in [2.75, 3.05) is 0 Å². The van der Waals surface area contributed by atoms with Crippen LogP contribution in [0.15, 0.2) is 11.4 Å². The van der Waals surface area contributed by atoms with Crippen LogP contribution < -0.4 is 0 Å². The molecule has 0 N–H and O–H groups in total. The molecule has 0 spiro atoms. The van der Waals surface area contributed by atoms with Crippen LogP contribution in [0.5, 0.6) is 0 Å². The Kier molecular flexibility index (Phi) is 3.58. The van der Waals surface area contributed by atoms with Gasteiger partial charge in [-0.1, -0.05) is 0 Å². The summed E-state index contributed by atoms with van der Waals surface area (Å²) in [7, 11) is 0. The Morgan fingerprint density at radius 2 is 0.955 bits per heavy atom. The number of hydrogen-bond acceptors (Lipinski definition) is 0. The lowest BCUT2D eigenvalue weighted by atomic mass is 9.73. The second kappa shape index (κ2) is 4.19. The zero-order valence-electron chi connectivity index (χ0n) is 9.29. The molecule has 1 rings (SSSR count). The van der Waals surface area contributed by atoms with Crippen LogP contribution in [0.3, 0.4) is 0 Å². The minimum atomic E-state index is -7.65. The Bertz CT molecular complexity index is 504. The maximum atomic E-state index is 13.4. The molecule has 0 aromatic carbocycles. The summed E-state index contributed by atoms with van der Waals surface area (Å²) >= 11 is 0. The highest BCUT2D eigenvalue weighted by Gasteiger charge is 2.91. The van der Waals surface area contributed by atoms with E-state index < -0.39 is 47.2 Å². The van der Waals surface area contributed by atoms with Gasteiger partial charge in [-0.3, -0.25) is 0 Å². The van der Waals surface area contributed by atoms with Crippen molar-refractivity contribution in [3.63, 3.8) is 0 Å². The first-order valence-corrected chi connectivity index (χ1v) is 4.65. The van der Waals surface area contributed by atoms with Gasteiger partial charge in [0.1, 0.15) is 0 Å². The predicted molar refractivity (Wildman–Crippen MR) is 38.9 cm³/mol. The van der Waals surface area contributed by atoms with Gasteiger partial charge in [-0.2, -0.15) is 52.7 Å². The lowest BCUT2D eigenvalue weighted by molar-refractivity contribution is -0.384. The molecule has 0 aromatic heterocycles. The number of rotatable bonds is 2. The summed E-state index contributed by atoms with van der Waals surface area (Å²) in [6, 6.07) is 0. The fourth-order valence-electron chi connectivity index (χ4n) is 1.57. The molecule has 22 heavy (non-hydrogen) atoms. The van der Waals surface area contributed by atoms with E-state index in [1.165, 1.54) is 0 Å². The van der Waals surface area contributed by atoms with E-state index in [2.05, 4.69) is 0 Å². The molecule has 1 aliphatic carbocycles. The topological polar surface area (TPSA) is 0 Å². The van der Waals surface area contributed by atoms with Crippen LogP contribution in [-0.4, -0.2) is 35.8 Å². The van der Waals surface area contributed by atoms with E-state index in [-0.39, 0.29) is 0 Å². The highest BCUT2D eigenvalue weighted by atomic mass is 19.4. The number of allylic oxidation sites excluding steroid dienone is 2. The summed E-state index contributed by atoms with van der Waals surface area (Å²) in [4.78, 5) is 0. The molecule has 0 saturated carbocycles. The van der Waals surface area contributed by atoms with Crippen molar-refractivity contribution in [1.29, 1.82) is 0 Å². The molecule has 0 radical (unpaired) electrons. The Balaban J connectivity index is 3.78. The van der Waals surface area contributed by atoms with Gasteiger partial charge >= 0.3 is 35.8 Å². The lowest BCUT2D eigenvalue weighted by Crippen LogP contribution is -2.70. The summed E-state index contributed by atoms with van der Waals surface area (Å²) in [6.45, 7) is 0. The molecule has 0 heterocycles. The summed E-state index contributed by atoms with van der Waals surface area (Å²) in [5.41, 5.74) is -11.7. The molecule has 0 saturated heterocycles. The maximum Gasteiger partial charge on any atom is 0.457 e. The average molecular weight is 362 g/mol. The summed E-state index contributed by atoms with van der Waals surface area (Å²) in [6.07, 6.45) is -14.9. The summed E-state index contributed by atoms with van der Waals surface area (Å²) < 4.78 is 174. The molecule has 0 fully saturated rings. The van der Waals surface area contributed by atoms with Gasteiger partial charge in [-0.15, -0.1) is 0 Å². The van der Waals surface area contributed by atoms with E-state index in [9.17, 15) is 61.5 Å². The van der Waals surface area contributed by atoms with E-state index in [0.29, 0.717) is 0 Å². The smallest absolute Gasteiger partial charge is 0.221 e. The van der Waals surface area contributed by atoms with Crippen molar-refractivity contribution in [1.82, 2.24) is 0 Å². The number of hydrogen-bond donors (Lipinski definition) is 0. The van der Waals surface area contributed by atoms with Crippen LogP contribution in [0.25, 0.3) is 0 Å². The highest BCUT2D eigenvalue weighted by Crippen LogP contribution is 2.67. The molecule has 0 nitrogen and oxygen atoms in total. The monoisotopic (exact) mass is 362 g/mol. The van der Waals surface area contributed by atoms with Crippen LogP contribution in [0.2, 0.25) is 0 Å². The first-order valence-electron chi connectivity index (χ1n) is 4.65. The third-order valence-corrected chi connectivity index (χ3v) is 2.73. The number of halogens is 14. The van der Waals surface area contributed by atoms with E-state index in [4.69, 9.17) is 0 Å². The van der Waals surface area contributed by atoms with Crippen molar-refractivity contribution in [2.45, 2.75) is 35.8 Å². The molecular weight excluding hydrogens is 362 g/mol. The Hall–Kier alpha value is -1.24. The van der Waals surface area contributed by atoms with Gasteiger partial charge in [0.05, 0.1) is 5.57 Å². The van der Waals surface area contributed by atoms with Crippen LogP contribution in [-0.2, 0) is 0 Å². The van der Waals surface area contributed by atoms with Gasteiger partial charge in [0.2, 0.25) is 0 Å². The molecule has 0 bridgehead atoms. The third-order valence-electron chi connectivity index (χ3n) is 2.73. The standard InChI is InChI=1S/C8F14/c9-2-1(4(11,12)5(2,13)14)3(10,7(17,18)19)6(15,16)8(20,21)22. The minimum Gasteiger partial charge on any atom is -0.221 e. The summed E-state index contributed by atoms with van der Waals surface area (Å²) in [5, 5.41) is 0. The molecule has 14 heteroatoms. The Morgan fingerprint density at radius 1 is 0.591 bits per heavy atom. The first-order chi connectivity index (χ1) is 9.28. The van der Waals surface area contributed by atoms with Crippen molar-refractivity contribution < 1.29 is 61.5 Å². The van der Waals surface area contributed by atoms with E-state index in [1.807, 2.05) is 0 Å². The van der Waals surface area contributed by atoms with Gasteiger partial charge in [0.15, 0.2) is 5.83 Å². The minimum absolute atomic E-state index is 4.04. The molecule has 130 valence electrons. The van der Waals surface area contributed by atoms with Crippen molar-refractivity contribution in [2.24, 2.45) is 0 Å². The van der Waals surface area contributed by atoms with Gasteiger partial charge in [0, 0.05) is 0 Å². The largest absolute Gasteiger partial charge is 0.457 e. The maximum absolute atomic E-state index is 13.4. The third kappa shape index (κ3) is 1.84. The zero-order chi connectivity index (χ0) is 18.2. The molecule has 0 aliphatic heterocycles. The van der Waals surface area contributed by atoms with Crippen LogP contribution in [0, 0.1) is 0 Å². The first kappa shape index (κ1) is 18.8. The second-order valence-electron chi connectivity index (χ2n) is 4.07. The molecule has 0 aromatic rings. The molecule has 1 unspecified atom stereocenters. The van der Waals surface area contributed by atoms with Crippen LogP contribution in [0.1, 0.15) is 0 Å². The highest BCUT2D eigenvalue weighted by molar-refractivity contribution is 5.48. The van der Waals surface area contributed by atoms with Gasteiger partial charge in [-0.25, -0.2) is 8.78 Å². The zero-order valence-corrected chi connectivity index (χ0v) is 9.29. The Labute approximate surface area is 110 Å². The molecule has 1 aliphatic rings. The second-order valence-corrected chi connectivity index (χ2v) is 4.07. The van der Waals surface area contributed by atoms with Gasteiger partial charge < -0.3 is 0 Å². The Morgan fingerprint density at radius 3 is 1.18 bits per heavy atom. The quantitative estimate of drug-likeness (QED) is 0.609. The molecular formula is C8F14. The van der Waals surface area contributed by atoms with E-state index in [1.54, 1.807) is 0 Å². The molecule has 0 amide bonds. The fraction of sp³-hybridized carbons (Fsp3) is 0.750. The SMILES string of the molecule is FC1=C(C(F)(C(F)(F)F)C(F)(F)C(F)(F)F)C(F)(F)C1(F)F. The van der Waals surface area contributed by atoms with Gasteiger partial charge in [-0.05, 0) is 0 Å². The normalized spacial score (nSPS) is 24.8. The lowest BCUT2D eigenvalue weighted by Gasteiger charge is -2.46. The average Bonchev–Trinajstić information content (AvgIpc) is 2.24. The summed E-state index contributed by atoms with van der Waals surface area (Å²) in [5.74, 6) is -24.4. The van der Waals surface area contributed by atoms with Crippen molar-refractivity contribution in [3.8, 4) is 0 Å². The van der Waals surface area contributed by atoms with Crippen LogP contribution >= 0.6 is 0 Å². The van der Waals surface area contributed by atoms with Crippen molar-refractivity contribution >= 4 is 0 Å². The van der Waals surface area contributed by atoms with E-state index in [0.717, 1.165) is 0 Å². The fourth-order valence-corrected chi connectivity index (χ4v) is 1.57. The van der Waals surface area contributed by atoms with E-state index >= 15 is 0 Å².